The first kappa shape index (κ1) is 13.1. The Kier molecular flexibility index (Phi) is 5.43. The highest BCUT2D eigenvalue weighted by atomic mass is 16.5. The lowest BCUT2D eigenvalue weighted by Gasteiger charge is -2.19. The van der Waals surface area contributed by atoms with Crippen LogP contribution in [0.1, 0.15) is 34.6 Å². The summed E-state index contributed by atoms with van der Waals surface area (Å²) in [6.45, 7) is 9.40. The Morgan fingerprint density at radius 1 is 1.14 bits per heavy atom. The first-order chi connectivity index (χ1) is 6.41. The van der Waals surface area contributed by atoms with Gasteiger partial charge in [0.05, 0.1) is 6.61 Å². The Balaban J connectivity index is 4.60. The molecule has 3 heteroatoms. The fourth-order valence-corrected chi connectivity index (χ4v) is 1.31. The summed E-state index contributed by atoms with van der Waals surface area (Å²) in [6, 6.07) is 0. The molecule has 0 N–H and O–H groups in total. The Labute approximate surface area is 85.8 Å². The van der Waals surface area contributed by atoms with E-state index < -0.39 is 5.92 Å². The Morgan fingerprint density at radius 3 is 1.93 bits per heavy atom. The van der Waals surface area contributed by atoms with Gasteiger partial charge in [-0.2, -0.15) is 0 Å². The van der Waals surface area contributed by atoms with Gasteiger partial charge in [0.25, 0.3) is 0 Å². The summed E-state index contributed by atoms with van der Waals surface area (Å²) in [5, 5.41) is 0. The zero-order valence-corrected chi connectivity index (χ0v) is 9.66. The van der Waals surface area contributed by atoms with Crippen LogP contribution in [-0.2, 0) is 14.3 Å². The van der Waals surface area contributed by atoms with Crippen LogP contribution in [0.3, 0.4) is 0 Å². The predicted octanol–water partition coefficient (Wildman–Crippen LogP) is 2.05. The number of Topliss-reactive ketones (excluding diaryl/α,β-unsaturated/α-hetero) is 1. The van der Waals surface area contributed by atoms with Crippen LogP contribution >= 0.6 is 0 Å². The molecule has 0 rings (SSSR count). The van der Waals surface area contributed by atoms with Gasteiger partial charge in [-0.15, -0.1) is 0 Å². The molecule has 1 atom stereocenters. The van der Waals surface area contributed by atoms with Crippen LogP contribution in [0.15, 0.2) is 0 Å². The van der Waals surface area contributed by atoms with Crippen molar-refractivity contribution in [3.63, 3.8) is 0 Å². The molecule has 0 radical (unpaired) electrons. The van der Waals surface area contributed by atoms with Crippen molar-refractivity contribution in [2.24, 2.45) is 17.8 Å². The zero-order chi connectivity index (χ0) is 11.3. The van der Waals surface area contributed by atoms with Crippen molar-refractivity contribution in [1.82, 2.24) is 0 Å². The van der Waals surface area contributed by atoms with Gasteiger partial charge in [-0.05, 0) is 12.8 Å². The maximum absolute atomic E-state index is 11.7. The van der Waals surface area contributed by atoms with E-state index in [1.807, 2.05) is 13.8 Å². The Morgan fingerprint density at radius 2 is 1.64 bits per heavy atom. The number of rotatable bonds is 5. The van der Waals surface area contributed by atoms with E-state index in [4.69, 9.17) is 4.74 Å². The van der Waals surface area contributed by atoms with Crippen molar-refractivity contribution < 1.29 is 14.3 Å². The summed E-state index contributed by atoms with van der Waals surface area (Å²) in [4.78, 5) is 23.2. The molecule has 0 spiro atoms. The van der Waals surface area contributed by atoms with Crippen molar-refractivity contribution in [3.05, 3.63) is 0 Å². The second-order valence-electron chi connectivity index (χ2n) is 4.03. The van der Waals surface area contributed by atoms with E-state index in [0.717, 1.165) is 0 Å². The minimum atomic E-state index is -0.602. The quantitative estimate of drug-likeness (QED) is 0.504. The molecular formula is C11H20O3. The van der Waals surface area contributed by atoms with E-state index in [9.17, 15) is 9.59 Å². The predicted molar refractivity (Wildman–Crippen MR) is 54.8 cm³/mol. The molecule has 0 aromatic heterocycles. The van der Waals surface area contributed by atoms with Crippen molar-refractivity contribution >= 4 is 11.8 Å². The standard InChI is InChI=1S/C11H20O3/c1-6-14-11(13)9(7(2)3)10(12)8(4)5/h7-9H,6H2,1-5H3. The number of esters is 1. The molecule has 0 saturated carbocycles. The van der Waals surface area contributed by atoms with Gasteiger partial charge in [0.1, 0.15) is 11.7 Å². The molecule has 0 amide bonds. The van der Waals surface area contributed by atoms with E-state index >= 15 is 0 Å². The van der Waals surface area contributed by atoms with Crippen molar-refractivity contribution in [3.8, 4) is 0 Å². The average Bonchev–Trinajstić information content (AvgIpc) is 2.03. The molecule has 1 unspecified atom stereocenters. The fraction of sp³-hybridized carbons (Fsp3) is 0.818. The number of carbonyl (C=O) groups is 2. The van der Waals surface area contributed by atoms with Crippen LogP contribution < -0.4 is 0 Å². The Hall–Kier alpha value is -0.860. The molecular weight excluding hydrogens is 180 g/mol. The van der Waals surface area contributed by atoms with Gasteiger partial charge >= 0.3 is 5.97 Å². The molecule has 0 saturated heterocycles. The molecule has 3 nitrogen and oxygen atoms in total. The third-order valence-electron chi connectivity index (χ3n) is 2.08. The molecule has 0 aliphatic rings. The minimum absolute atomic E-state index is 0.00366. The third-order valence-corrected chi connectivity index (χ3v) is 2.08. The van der Waals surface area contributed by atoms with Gasteiger partial charge in [-0.3, -0.25) is 9.59 Å². The van der Waals surface area contributed by atoms with Gasteiger partial charge in [-0.25, -0.2) is 0 Å². The number of ketones is 1. The lowest BCUT2D eigenvalue weighted by molar-refractivity contribution is -0.154. The first-order valence-electron chi connectivity index (χ1n) is 5.12. The maximum atomic E-state index is 11.7. The molecule has 14 heavy (non-hydrogen) atoms. The smallest absolute Gasteiger partial charge is 0.316 e. The third kappa shape index (κ3) is 3.48. The summed E-state index contributed by atoms with van der Waals surface area (Å²) in [6.07, 6.45) is 0. The maximum Gasteiger partial charge on any atom is 0.316 e. The SMILES string of the molecule is CCOC(=O)C(C(=O)C(C)C)C(C)C. The largest absolute Gasteiger partial charge is 0.465 e. The van der Waals surface area contributed by atoms with Gasteiger partial charge < -0.3 is 4.74 Å². The average molecular weight is 200 g/mol. The monoisotopic (exact) mass is 200 g/mol. The molecule has 0 aromatic rings. The highest BCUT2D eigenvalue weighted by molar-refractivity contribution is 6.00. The first-order valence-corrected chi connectivity index (χ1v) is 5.12. The molecule has 0 aliphatic heterocycles. The summed E-state index contributed by atoms with van der Waals surface area (Å²) in [7, 11) is 0. The summed E-state index contributed by atoms with van der Waals surface area (Å²) < 4.78 is 4.88. The van der Waals surface area contributed by atoms with Crippen LogP contribution in [0, 0.1) is 17.8 Å². The number of ether oxygens (including phenoxy) is 1. The van der Waals surface area contributed by atoms with Gasteiger partial charge in [0.15, 0.2) is 0 Å². The zero-order valence-electron chi connectivity index (χ0n) is 9.66. The molecule has 0 aliphatic carbocycles. The molecule has 0 heterocycles. The van der Waals surface area contributed by atoms with Crippen molar-refractivity contribution in [1.29, 1.82) is 0 Å². The molecule has 0 aromatic carbocycles. The summed E-state index contributed by atoms with van der Waals surface area (Å²) in [5.74, 6) is -1.13. The second kappa shape index (κ2) is 5.78. The summed E-state index contributed by atoms with van der Waals surface area (Å²) >= 11 is 0. The fourth-order valence-electron chi connectivity index (χ4n) is 1.31. The number of hydrogen-bond acceptors (Lipinski definition) is 3. The van der Waals surface area contributed by atoms with Crippen molar-refractivity contribution in [2.45, 2.75) is 34.6 Å². The molecule has 82 valence electrons. The van der Waals surface area contributed by atoms with E-state index in [2.05, 4.69) is 0 Å². The highest BCUT2D eigenvalue weighted by Crippen LogP contribution is 2.18. The lowest BCUT2D eigenvalue weighted by atomic mass is 9.86. The van der Waals surface area contributed by atoms with Gasteiger partial charge in [0.2, 0.25) is 0 Å². The minimum Gasteiger partial charge on any atom is -0.465 e. The highest BCUT2D eigenvalue weighted by Gasteiger charge is 2.32. The van der Waals surface area contributed by atoms with Gasteiger partial charge in [-0.1, -0.05) is 27.7 Å². The van der Waals surface area contributed by atoms with E-state index in [1.165, 1.54) is 0 Å². The topological polar surface area (TPSA) is 43.4 Å². The Bertz CT molecular complexity index is 207. The van der Waals surface area contributed by atoms with Crippen LogP contribution in [0.25, 0.3) is 0 Å². The second-order valence-corrected chi connectivity index (χ2v) is 4.03. The normalized spacial score (nSPS) is 13.1. The van der Waals surface area contributed by atoms with Crippen LogP contribution in [0.5, 0.6) is 0 Å². The molecule has 0 bridgehead atoms. The molecule has 0 fully saturated rings. The van der Waals surface area contributed by atoms with E-state index in [1.54, 1.807) is 20.8 Å². The van der Waals surface area contributed by atoms with Crippen LogP contribution in [0.4, 0.5) is 0 Å². The van der Waals surface area contributed by atoms with Crippen molar-refractivity contribution in [2.75, 3.05) is 6.61 Å². The van der Waals surface area contributed by atoms with E-state index in [0.29, 0.717) is 6.61 Å². The number of hydrogen-bond donors (Lipinski definition) is 0. The van der Waals surface area contributed by atoms with Gasteiger partial charge in [0, 0.05) is 5.92 Å². The summed E-state index contributed by atoms with van der Waals surface area (Å²) in [5.41, 5.74) is 0. The van der Waals surface area contributed by atoms with Crippen LogP contribution in [0.2, 0.25) is 0 Å². The lowest BCUT2D eigenvalue weighted by Crippen LogP contribution is -2.33. The number of carbonyl (C=O) groups excluding carboxylic acids is 2. The van der Waals surface area contributed by atoms with E-state index in [-0.39, 0.29) is 23.6 Å². The van der Waals surface area contributed by atoms with Crippen LogP contribution in [-0.4, -0.2) is 18.4 Å².